The van der Waals surface area contributed by atoms with Gasteiger partial charge in [0, 0.05) is 19.6 Å². The van der Waals surface area contributed by atoms with Crippen LogP contribution in [-0.4, -0.2) is 45.4 Å². The molecule has 1 saturated heterocycles. The van der Waals surface area contributed by atoms with Gasteiger partial charge in [-0.25, -0.2) is 12.8 Å². The molecule has 2 aromatic carbocycles. The van der Waals surface area contributed by atoms with Gasteiger partial charge in [0.05, 0.1) is 17.9 Å². The minimum Gasteiger partial charge on any atom is -0.496 e. The number of hydrogen-bond donors (Lipinski definition) is 1. The highest BCUT2D eigenvalue weighted by Gasteiger charge is 2.33. The van der Waals surface area contributed by atoms with Crippen molar-refractivity contribution in [3.8, 4) is 5.75 Å². The molecular formula is C22H27FN2O4S. The predicted octanol–water partition coefficient (Wildman–Crippen LogP) is 2.98. The summed E-state index contributed by atoms with van der Waals surface area (Å²) >= 11 is 0. The number of aryl methyl sites for hydroxylation is 1. The zero-order chi connectivity index (χ0) is 21.6. The third-order valence-corrected chi connectivity index (χ3v) is 7.20. The minimum atomic E-state index is -3.74. The number of benzene rings is 2. The fourth-order valence-corrected chi connectivity index (χ4v) is 5.20. The van der Waals surface area contributed by atoms with Crippen LogP contribution in [0.25, 0.3) is 0 Å². The molecule has 6 nitrogen and oxygen atoms in total. The van der Waals surface area contributed by atoms with E-state index in [0.717, 1.165) is 36.3 Å². The van der Waals surface area contributed by atoms with Gasteiger partial charge in [-0.2, -0.15) is 4.31 Å². The van der Waals surface area contributed by atoms with Gasteiger partial charge in [0.15, 0.2) is 0 Å². The fourth-order valence-electron chi connectivity index (χ4n) is 3.67. The predicted molar refractivity (Wildman–Crippen MR) is 112 cm³/mol. The van der Waals surface area contributed by atoms with Crippen molar-refractivity contribution in [1.82, 2.24) is 9.62 Å². The van der Waals surface area contributed by atoms with Crippen LogP contribution < -0.4 is 10.1 Å². The first-order valence-corrected chi connectivity index (χ1v) is 11.5. The number of para-hydroxylation sites is 1. The van der Waals surface area contributed by atoms with Gasteiger partial charge in [0.2, 0.25) is 15.9 Å². The van der Waals surface area contributed by atoms with Crippen molar-refractivity contribution in [3.05, 3.63) is 59.9 Å². The second-order valence-corrected chi connectivity index (χ2v) is 9.30. The molecule has 162 valence electrons. The maximum Gasteiger partial charge on any atom is 0.243 e. The van der Waals surface area contributed by atoms with E-state index in [-0.39, 0.29) is 23.3 Å². The van der Waals surface area contributed by atoms with Crippen molar-refractivity contribution in [2.75, 3.05) is 26.7 Å². The third kappa shape index (κ3) is 5.37. The molecule has 1 amide bonds. The molecule has 30 heavy (non-hydrogen) atoms. The standard InChI is InChI=1S/C22H27FN2O4S/c1-29-21-9-3-2-6-17(21)7-4-14-24-22(26)18-8-5-15-25(16-18)30(27,28)20-12-10-19(23)11-13-20/h2-3,6,9-13,18H,4-5,7-8,14-16H2,1H3,(H,24,26)/t18-/m0/s1. The van der Waals surface area contributed by atoms with Gasteiger partial charge in [0.25, 0.3) is 0 Å². The Morgan fingerprint density at radius 1 is 1.20 bits per heavy atom. The van der Waals surface area contributed by atoms with Gasteiger partial charge in [-0.1, -0.05) is 18.2 Å². The minimum absolute atomic E-state index is 0.0433. The molecule has 8 heteroatoms. The Bertz CT molecular complexity index is 963. The molecule has 0 aliphatic carbocycles. The monoisotopic (exact) mass is 434 g/mol. The van der Waals surface area contributed by atoms with Crippen LogP contribution in [0.5, 0.6) is 5.75 Å². The number of methoxy groups -OCH3 is 1. The summed E-state index contributed by atoms with van der Waals surface area (Å²) in [6, 6.07) is 12.5. The fraction of sp³-hybridized carbons (Fsp3) is 0.409. The van der Waals surface area contributed by atoms with E-state index in [4.69, 9.17) is 4.74 Å². The number of halogens is 1. The van der Waals surface area contributed by atoms with E-state index in [1.165, 1.54) is 16.4 Å². The maximum atomic E-state index is 13.1. The number of nitrogens with one attached hydrogen (secondary N) is 1. The normalized spacial score (nSPS) is 17.5. The summed E-state index contributed by atoms with van der Waals surface area (Å²) in [6.07, 6.45) is 2.80. The molecule has 0 unspecified atom stereocenters. The number of sulfonamides is 1. The Kier molecular flexibility index (Phi) is 7.44. The lowest BCUT2D eigenvalue weighted by Gasteiger charge is -2.31. The van der Waals surface area contributed by atoms with Crippen molar-refractivity contribution in [3.63, 3.8) is 0 Å². The first-order chi connectivity index (χ1) is 14.4. The van der Waals surface area contributed by atoms with Crippen LogP contribution in [0, 0.1) is 11.7 Å². The van der Waals surface area contributed by atoms with Crippen LogP contribution in [0.3, 0.4) is 0 Å². The summed E-state index contributed by atoms with van der Waals surface area (Å²) in [7, 11) is -2.11. The van der Waals surface area contributed by atoms with Crippen LogP contribution >= 0.6 is 0 Å². The van der Waals surface area contributed by atoms with Gasteiger partial charge in [-0.15, -0.1) is 0 Å². The molecule has 1 aliphatic heterocycles. The van der Waals surface area contributed by atoms with Gasteiger partial charge in [-0.3, -0.25) is 4.79 Å². The molecule has 0 spiro atoms. The molecule has 0 bridgehead atoms. The number of hydrogen-bond acceptors (Lipinski definition) is 4. The van der Waals surface area contributed by atoms with Crippen molar-refractivity contribution >= 4 is 15.9 Å². The number of carbonyl (C=O) groups excluding carboxylic acids is 1. The molecule has 1 heterocycles. The summed E-state index contributed by atoms with van der Waals surface area (Å²) < 4.78 is 45.4. The highest BCUT2D eigenvalue weighted by molar-refractivity contribution is 7.89. The lowest BCUT2D eigenvalue weighted by molar-refractivity contribution is -0.126. The van der Waals surface area contributed by atoms with Crippen LogP contribution in [0.1, 0.15) is 24.8 Å². The number of piperidine rings is 1. The first-order valence-electron chi connectivity index (χ1n) is 10.1. The number of ether oxygens (including phenoxy) is 1. The topological polar surface area (TPSA) is 75.7 Å². The molecule has 0 radical (unpaired) electrons. The number of carbonyl (C=O) groups is 1. The molecule has 2 aromatic rings. The third-order valence-electron chi connectivity index (χ3n) is 5.32. The summed E-state index contributed by atoms with van der Waals surface area (Å²) in [6.45, 7) is 1.01. The lowest BCUT2D eigenvalue weighted by Crippen LogP contribution is -2.45. The number of nitrogens with zero attached hydrogens (tertiary/aromatic N) is 1. The van der Waals surface area contributed by atoms with Gasteiger partial charge in [0.1, 0.15) is 11.6 Å². The Morgan fingerprint density at radius 2 is 1.93 bits per heavy atom. The van der Waals surface area contributed by atoms with E-state index in [2.05, 4.69) is 5.32 Å². The average molecular weight is 435 g/mol. The Hall–Kier alpha value is -2.45. The van der Waals surface area contributed by atoms with E-state index in [0.29, 0.717) is 25.9 Å². The van der Waals surface area contributed by atoms with Gasteiger partial charge >= 0.3 is 0 Å². The van der Waals surface area contributed by atoms with Crippen molar-refractivity contribution in [2.24, 2.45) is 5.92 Å². The molecule has 0 aromatic heterocycles. The maximum absolute atomic E-state index is 13.1. The molecule has 3 rings (SSSR count). The summed E-state index contributed by atoms with van der Waals surface area (Å²) in [5, 5.41) is 2.93. The number of rotatable bonds is 8. The average Bonchev–Trinajstić information content (AvgIpc) is 2.77. The van der Waals surface area contributed by atoms with E-state index in [1.54, 1.807) is 7.11 Å². The van der Waals surface area contributed by atoms with Crippen LogP contribution in [0.2, 0.25) is 0 Å². The van der Waals surface area contributed by atoms with Crippen LogP contribution in [0.4, 0.5) is 4.39 Å². The van der Waals surface area contributed by atoms with E-state index >= 15 is 0 Å². The molecule has 1 atom stereocenters. The lowest BCUT2D eigenvalue weighted by atomic mass is 9.99. The van der Waals surface area contributed by atoms with E-state index in [9.17, 15) is 17.6 Å². The van der Waals surface area contributed by atoms with Crippen LogP contribution in [0.15, 0.2) is 53.4 Å². The van der Waals surface area contributed by atoms with E-state index < -0.39 is 15.8 Å². The molecule has 1 fully saturated rings. The Labute approximate surface area is 177 Å². The van der Waals surface area contributed by atoms with Crippen molar-refractivity contribution < 1.29 is 22.3 Å². The Morgan fingerprint density at radius 3 is 2.67 bits per heavy atom. The molecule has 0 saturated carbocycles. The molecule has 1 N–H and O–H groups in total. The highest BCUT2D eigenvalue weighted by atomic mass is 32.2. The summed E-state index contributed by atoms with van der Waals surface area (Å²) in [4.78, 5) is 12.6. The second kappa shape index (κ2) is 10.0. The van der Waals surface area contributed by atoms with Crippen molar-refractivity contribution in [1.29, 1.82) is 0 Å². The van der Waals surface area contributed by atoms with Crippen LogP contribution in [-0.2, 0) is 21.2 Å². The van der Waals surface area contributed by atoms with Gasteiger partial charge < -0.3 is 10.1 Å². The first kappa shape index (κ1) is 22.2. The largest absolute Gasteiger partial charge is 0.496 e. The zero-order valence-electron chi connectivity index (χ0n) is 17.0. The van der Waals surface area contributed by atoms with E-state index in [1.807, 2.05) is 24.3 Å². The smallest absolute Gasteiger partial charge is 0.243 e. The Balaban J connectivity index is 1.52. The quantitative estimate of drug-likeness (QED) is 0.648. The molecule has 1 aliphatic rings. The summed E-state index contributed by atoms with van der Waals surface area (Å²) in [5.41, 5.74) is 1.09. The number of amides is 1. The van der Waals surface area contributed by atoms with Crippen molar-refractivity contribution in [2.45, 2.75) is 30.6 Å². The summed E-state index contributed by atoms with van der Waals surface area (Å²) in [5.74, 6) is -0.176. The molecular weight excluding hydrogens is 407 g/mol. The van der Waals surface area contributed by atoms with Gasteiger partial charge in [-0.05, 0) is 61.6 Å². The second-order valence-electron chi connectivity index (χ2n) is 7.36. The SMILES string of the molecule is COc1ccccc1CCCNC(=O)[C@H]1CCCN(S(=O)(=O)c2ccc(F)cc2)C1. The highest BCUT2D eigenvalue weighted by Crippen LogP contribution is 2.24. The zero-order valence-corrected chi connectivity index (χ0v) is 17.8.